The van der Waals surface area contributed by atoms with Gasteiger partial charge in [-0.05, 0) is 118 Å². The van der Waals surface area contributed by atoms with Crippen LogP contribution in [0.3, 0.4) is 0 Å². The summed E-state index contributed by atoms with van der Waals surface area (Å²) in [6.45, 7) is 2.45. The Balaban J connectivity index is 1.26. The zero-order valence-electron chi connectivity index (χ0n) is 24.9. The summed E-state index contributed by atoms with van der Waals surface area (Å²) in [5.74, 6) is 3.06. The van der Waals surface area contributed by atoms with Crippen molar-refractivity contribution in [1.29, 1.82) is 0 Å². The topological polar surface area (TPSA) is 0 Å². The quantitative estimate of drug-likeness (QED) is 0.316. The first kappa shape index (κ1) is 26.8. The molecule has 210 valence electrons. The summed E-state index contributed by atoms with van der Waals surface area (Å²) in [7, 11) is 0. The maximum Gasteiger partial charge on any atom is 0.00909 e. The van der Waals surface area contributed by atoms with Crippen LogP contribution in [0.4, 0.5) is 0 Å². The van der Waals surface area contributed by atoms with Crippen molar-refractivity contribution < 1.29 is 0 Å². The Bertz CT molecular complexity index is 1430. The highest BCUT2D eigenvalue weighted by Gasteiger charge is 2.44. The fraction of sp³-hybridized carbons (Fsp3) is 0.415. The fourth-order valence-corrected chi connectivity index (χ4v) is 8.80. The van der Waals surface area contributed by atoms with Crippen molar-refractivity contribution in [3.8, 4) is 0 Å². The number of allylic oxidation sites excluding steroid dienone is 18. The summed E-state index contributed by atoms with van der Waals surface area (Å²) in [5, 5.41) is 0. The van der Waals surface area contributed by atoms with Gasteiger partial charge in [0.1, 0.15) is 0 Å². The Morgan fingerprint density at radius 2 is 1.73 bits per heavy atom. The van der Waals surface area contributed by atoms with Gasteiger partial charge in [0.15, 0.2) is 0 Å². The summed E-state index contributed by atoms with van der Waals surface area (Å²) < 4.78 is 0. The van der Waals surface area contributed by atoms with Gasteiger partial charge < -0.3 is 0 Å². The summed E-state index contributed by atoms with van der Waals surface area (Å²) >= 11 is 0. The van der Waals surface area contributed by atoms with E-state index in [-0.39, 0.29) is 0 Å². The summed E-state index contributed by atoms with van der Waals surface area (Å²) in [6, 6.07) is 11.4. The third-order valence-electron chi connectivity index (χ3n) is 10.8. The van der Waals surface area contributed by atoms with Gasteiger partial charge >= 0.3 is 0 Å². The van der Waals surface area contributed by atoms with Gasteiger partial charge in [-0.3, -0.25) is 0 Å². The Hall–Kier alpha value is -3.12. The molecule has 0 amide bonds. The van der Waals surface area contributed by atoms with Gasteiger partial charge in [0.05, 0.1) is 0 Å². The molecule has 6 aliphatic carbocycles. The Morgan fingerprint density at radius 1 is 0.829 bits per heavy atom. The van der Waals surface area contributed by atoms with Crippen LogP contribution in [0.15, 0.2) is 136 Å². The van der Waals surface area contributed by atoms with Crippen LogP contribution in [-0.4, -0.2) is 0 Å². The van der Waals surface area contributed by atoms with E-state index in [0.29, 0.717) is 29.6 Å². The van der Waals surface area contributed by atoms with E-state index < -0.39 is 0 Å². The van der Waals surface area contributed by atoms with E-state index in [1.807, 2.05) is 0 Å². The number of hydrogen-bond acceptors (Lipinski definition) is 0. The van der Waals surface area contributed by atoms with E-state index in [4.69, 9.17) is 0 Å². The fourth-order valence-electron chi connectivity index (χ4n) is 8.80. The van der Waals surface area contributed by atoms with Crippen LogP contribution in [0.2, 0.25) is 0 Å². The second-order valence-corrected chi connectivity index (χ2v) is 13.4. The molecule has 7 rings (SSSR count). The van der Waals surface area contributed by atoms with E-state index in [0.717, 1.165) is 12.8 Å². The molecule has 1 aromatic carbocycles. The molecule has 0 nitrogen and oxygen atoms in total. The molecule has 0 saturated heterocycles. The van der Waals surface area contributed by atoms with Crippen molar-refractivity contribution in [2.24, 2.45) is 29.6 Å². The molecular formula is C41H46. The van der Waals surface area contributed by atoms with E-state index >= 15 is 0 Å². The molecule has 0 bridgehead atoms. The van der Waals surface area contributed by atoms with E-state index in [9.17, 15) is 0 Å². The van der Waals surface area contributed by atoms with E-state index in [2.05, 4.69) is 104 Å². The second kappa shape index (κ2) is 12.0. The molecule has 0 heterocycles. The highest BCUT2D eigenvalue weighted by molar-refractivity contribution is 5.49. The zero-order valence-corrected chi connectivity index (χ0v) is 24.9. The molecule has 6 aliphatic rings. The summed E-state index contributed by atoms with van der Waals surface area (Å²) in [4.78, 5) is 0. The van der Waals surface area contributed by atoms with Gasteiger partial charge in [0, 0.05) is 11.8 Å². The average molecular weight is 539 g/mol. The lowest BCUT2D eigenvalue weighted by Gasteiger charge is -2.48. The monoisotopic (exact) mass is 538 g/mol. The first-order valence-electron chi connectivity index (χ1n) is 16.5. The first-order chi connectivity index (χ1) is 20.2. The molecule has 1 aromatic rings. The van der Waals surface area contributed by atoms with Crippen LogP contribution in [0.5, 0.6) is 0 Å². The molecule has 0 heteroatoms. The first-order valence-corrected chi connectivity index (χ1v) is 16.5. The van der Waals surface area contributed by atoms with Gasteiger partial charge in [-0.2, -0.15) is 0 Å². The van der Waals surface area contributed by atoms with Crippen LogP contribution < -0.4 is 0 Å². The van der Waals surface area contributed by atoms with Crippen LogP contribution >= 0.6 is 0 Å². The third-order valence-corrected chi connectivity index (χ3v) is 10.8. The van der Waals surface area contributed by atoms with E-state index in [1.54, 1.807) is 33.4 Å². The minimum Gasteiger partial charge on any atom is -0.0882 e. The molecule has 0 saturated carbocycles. The lowest BCUT2D eigenvalue weighted by Crippen LogP contribution is -2.40. The minimum atomic E-state index is 0.538. The van der Waals surface area contributed by atoms with Crippen molar-refractivity contribution in [2.45, 2.75) is 77.6 Å². The number of rotatable bonds is 6. The van der Waals surface area contributed by atoms with Gasteiger partial charge in [-0.15, -0.1) is 0 Å². The Kier molecular flexibility index (Phi) is 7.84. The summed E-state index contributed by atoms with van der Waals surface area (Å²) in [6.07, 6.45) is 40.5. The number of fused-ring (bicyclic) bond motifs is 2. The van der Waals surface area contributed by atoms with Crippen molar-refractivity contribution in [2.75, 3.05) is 0 Å². The summed E-state index contributed by atoms with van der Waals surface area (Å²) in [5.41, 5.74) is 13.1. The molecule has 5 unspecified atom stereocenters. The smallest absolute Gasteiger partial charge is 0.00909 e. The van der Waals surface area contributed by atoms with Gasteiger partial charge in [0.2, 0.25) is 0 Å². The molecular weight excluding hydrogens is 492 g/mol. The van der Waals surface area contributed by atoms with Crippen molar-refractivity contribution in [3.05, 3.63) is 142 Å². The van der Waals surface area contributed by atoms with Crippen molar-refractivity contribution in [1.82, 2.24) is 0 Å². The minimum absolute atomic E-state index is 0.538. The zero-order chi connectivity index (χ0) is 27.6. The van der Waals surface area contributed by atoms with Crippen LogP contribution in [0.1, 0.15) is 76.7 Å². The second-order valence-electron chi connectivity index (χ2n) is 13.4. The standard InChI is InChI=1S/C41H46/c1-29-23-24-34(33-18-12-17-32(26-33)25-30-13-4-2-5-14-30)28-39(29)41-38-22-11-10-20-36(38)35-19-8-9-21-37(35)40(41)27-31-15-6-3-7-16-31/h2-4,6-7,9-10,12-13,15-17,20-21,26,28,33,35,37,40-41H,5,8,11,14,18-19,22-25,27H2,1H3. The van der Waals surface area contributed by atoms with Gasteiger partial charge in [-0.25, -0.2) is 0 Å². The highest BCUT2D eigenvalue weighted by atomic mass is 14.5. The van der Waals surface area contributed by atoms with Crippen molar-refractivity contribution in [3.63, 3.8) is 0 Å². The third kappa shape index (κ3) is 5.55. The molecule has 0 aliphatic heterocycles. The highest BCUT2D eigenvalue weighted by Crippen LogP contribution is 2.54. The van der Waals surface area contributed by atoms with Crippen LogP contribution in [-0.2, 0) is 6.42 Å². The SMILES string of the molecule is CC1=C(C2C3=C(C=CCC3)C3CCC=CC3C2Cc2ccccc2)C=C(C2C=C(CC3=CC=CCC3)C=CC2)CC1. The lowest BCUT2D eigenvalue weighted by molar-refractivity contribution is 0.216. The molecule has 5 atom stereocenters. The van der Waals surface area contributed by atoms with Crippen LogP contribution in [0, 0.1) is 29.6 Å². The maximum atomic E-state index is 2.72. The molecule has 0 fully saturated rings. The predicted octanol–water partition coefficient (Wildman–Crippen LogP) is 10.9. The predicted molar refractivity (Wildman–Crippen MR) is 174 cm³/mol. The van der Waals surface area contributed by atoms with Crippen molar-refractivity contribution >= 4 is 0 Å². The normalized spacial score (nSPS) is 31.0. The molecule has 41 heavy (non-hydrogen) atoms. The van der Waals surface area contributed by atoms with E-state index in [1.165, 1.54) is 68.9 Å². The molecule has 0 N–H and O–H groups in total. The number of benzene rings is 1. The molecule has 0 radical (unpaired) electrons. The van der Waals surface area contributed by atoms with Gasteiger partial charge in [-0.1, -0.05) is 119 Å². The Morgan fingerprint density at radius 3 is 2.61 bits per heavy atom. The number of hydrogen-bond donors (Lipinski definition) is 0. The largest absolute Gasteiger partial charge is 0.0882 e. The average Bonchev–Trinajstić information content (AvgIpc) is 3.03. The van der Waals surface area contributed by atoms with Crippen LogP contribution in [0.25, 0.3) is 0 Å². The molecule has 0 spiro atoms. The molecule has 0 aromatic heterocycles. The van der Waals surface area contributed by atoms with Gasteiger partial charge in [0.25, 0.3) is 0 Å². The Labute approximate surface area is 248 Å². The maximum absolute atomic E-state index is 2.72. The lowest BCUT2D eigenvalue weighted by atomic mass is 9.56.